The number of piperidine rings is 1. The molecule has 0 spiro atoms. The zero-order valence-corrected chi connectivity index (χ0v) is 12.3. The lowest BCUT2D eigenvalue weighted by molar-refractivity contribution is 0.0691. The van der Waals surface area contributed by atoms with Gasteiger partial charge in [-0.3, -0.25) is 4.79 Å². The highest BCUT2D eigenvalue weighted by atomic mass is 32.1. The minimum Gasteiger partial charge on any atom is -0.476 e. The van der Waals surface area contributed by atoms with Gasteiger partial charge in [-0.05, 0) is 25.8 Å². The van der Waals surface area contributed by atoms with Gasteiger partial charge in [-0.2, -0.15) is 0 Å². The largest absolute Gasteiger partial charge is 0.476 e. The number of amides is 1. The predicted octanol–water partition coefficient (Wildman–Crippen LogP) is 1.45. The first kappa shape index (κ1) is 14.9. The summed E-state index contributed by atoms with van der Waals surface area (Å²) < 4.78 is 0. The van der Waals surface area contributed by atoms with Crippen LogP contribution in [0.1, 0.15) is 46.5 Å². The van der Waals surface area contributed by atoms with Crippen LogP contribution in [0.15, 0.2) is 5.38 Å². The van der Waals surface area contributed by atoms with E-state index in [1.54, 1.807) is 0 Å². The lowest BCUT2D eigenvalue weighted by atomic mass is 10.0. The monoisotopic (exact) mass is 297 g/mol. The van der Waals surface area contributed by atoms with Gasteiger partial charge in [0, 0.05) is 24.5 Å². The van der Waals surface area contributed by atoms with E-state index in [4.69, 9.17) is 5.11 Å². The summed E-state index contributed by atoms with van der Waals surface area (Å²) in [6.45, 7) is 5.26. The zero-order valence-electron chi connectivity index (χ0n) is 11.5. The maximum Gasteiger partial charge on any atom is 0.355 e. The van der Waals surface area contributed by atoms with E-state index in [2.05, 4.69) is 22.1 Å². The molecule has 0 saturated carbocycles. The molecular weight excluding hydrogens is 278 g/mol. The van der Waals surface area contributed by atoms with E-state index < -0.39 is 5.97 Å². The number of nitrogens with zero attached hydrogens (tertiary/aromatic N) is 2. The van der Waals surface area contributed by atoms with Crippen LogP contribution in [0.5, 0.6) is 0 Å². The zero-order chi connectivity index (χ0) is 14.5. The van der Waals surface area contributed by atoms with E-state index in [1.807, 2.05) is 0 Å². The smallest absolute Gasteiger partial charge is 0.355 e. The van der Waals surface area contributed by atoms with Gasteiger partial charge in [-0.1, -0.05) is 6.92 Å². The molecule has 1 aromatic rings. The van der Waals surface area contributed by atoms with Crippen LogP contribution in [0.2, 0.25) is 0 Å². The number of rotatable bonds is 5. The number of aromatic nitrogens is 1. The summed E-state index contributed by atoms with van der Waals surface area (Å²) in [5, 5.41) is 13.3. The van der Waals surface area contributed by atoms with Crippen LogP contribution in [0.3, 0.4) is 0 Å². The first-order chi connectivity index (χ1) is 9.60. The molecule has 2 rings (SSSR count). The van der Waals surface area contributed by atoms with E-state index >= 15 is 0 Å². The van der Waals surface area contributed by atoms with Gasteiger partial charge in [0.05, 0.1) is 0 Å². The number of hydrogen-bond donors (Lipinski definition) is 2. The van der Waals surface area contributed by atoms with Crippen molar-refractivity contribution in [3.05, 3.63) is 16.1 Å². The number of likely N-dealkylation sites (tertiary alicyclic amines) is 1. The van der Waals surface area contributed by atoms with Crippen molar-refractivity contribution in [1.29, 1.82) is 0 Å². The molecule has 6 nitrogen and oxygen atoms in total. The number of carboxylic acid groups (broad SMARTS) is 1. The van der Waals surface area contributed by atoms with Crippen LogP contribution in [0.4, 0.5) is 0 Å². The Morgan fingerprint density at radius 2 is 2.20 bits per heavy atom. The molecule has 0 bridgehead atoms. The van der Waals surface area contributed by atoms with E-state index in [9.17, 15) is 9.59 Å². The molecule has 0 atom stereocenters. The highest BCUT2D eigenvalue weighted by Gasteiger charge is 2.22. The van der Waals surface area contributed by atoms with Gasteiger partial charge in [0.2, 0.25) is 0 Å². The Morgan fingerprint density at radius 3 is 2.75 bits per heavy atom. The molecule has 1 amide bonds. The Hall–Kier alpha value is -1.47. The van der Waals surface area contributed by atoms with Crippen molar-refractivity contribution in [2.24, 2.45) is 0 Å². The molecule has 1 aromatic heterocycles. The maximum atomic E-state index is 12.0. The van der Waals surface area contributed by atoms with Gasteiger partial charge in [0.15, 0.2) is 10.7 Å². The lowest BCUT2D eigenvalue weighted by Gasteiger charge is -2.31. The lowest BCUT2D eigenvalue weighted by Crippen LogP contribution is -2.44. The van der Waals surface area contributed by atoms with Crippen molar-refractivity contribution in [3.63, 3.8) is 0 Å². The van der Waals surface area contributed by atoms with Crippen LogP contribution in [-0.4, -0.2) is 52.5 Å². The van der Waals surface area contributed by atoms with Crippen LogP contribution in [-0.2, 0) is 0 Å². The normalized spacial score (nSPS) is 17.1. The first-order valence-corrected chi connectivity index (χ1v) is 7.70. The number of hydrogen-bond acceptors (Lipinski definition) is 5. The molecule has 1 saturated heterocycles. The number of aromatic carboxylic acids is 1. The summed E-state index contributed by atoms with van der Waals surface area (Å²) in [6, 6.07) is 0.160. The average molecular weight is 297 g/mol. The fraction of sp³-hybridized carbons (Fsp3) is 0.615. The number of thiazole rings is 1. The van der Waals surface area contributed by atoms with E-state index in [0.717, 1.165) is 50.2 Å². The van der Waals surface area contributed by atoms with Gasteiger partial charge in [-0.15, -0.1) is 11.3 Å². The molecule has 0 aromatic carbocycles. The Kier molecular flexibility index (Phi) is 5.08. The Morgan fingerprint density at radius 1 is 1.50 bits per heavy atom. The van der Waals surface area contributed by atoms with E-state index in [1.165, 1.54) is 5.38 Å². The predicted molar refractivity (Wildman–Crippen MR) is 76.3 cm³/mol. The van der Waals surface area contributed by atoms with Crippen molar-refractivity contribution in [1.82, 2.24) is 15.2 Å². The van der Waals surface area contributed by atoms with Crippen molar-refractivity contribution in [2.75, 3.05) is 19.6 Å². The molecule has 2 heterocycles. The molecule has 110 valence electrons. The fourth-order valence-corrected chi connectivity index (χ4v) is 3.03. The van der Waals surface area contributed by atoms with Crippen molar-refractivity contribution in [3.8, 4) is 0 Å². The number of carbonyl (C=O) groups excluding carboxylic acids is 1. The third kappa shape index (κ3) is 3.77. The van der Waals surface area contributed by atoms with Gasteiger partial charge >= 0.3 is 5.97 Å². The quantitative estimate of drug-likeness (QED) is 0.859. The highest BCUT2D eigenvalue weighted by molar-refractivity contribution is 7.11. The third-order valence-corrected chi connectivity index (χ3v) is 4.22. The van der Waals surface area contributed by atoms with Gasteiger partial charge in [0.25, 0.3) is 5.91 Å². The van der Waals surface area contributed by atoms with Gasteiger partial charge in [0.1, 0.15) is 0 Å². The van der Waals surface area contributed by atoms with Crippen molar-refractivity contribution in [2.45, 2.75) is 32.2 Å². The summed E-state index contributed by atoms with van der Waals surface area (Å²) in [5.41, 5.74) is -0.0714. The Bertz CT molecular complexity index is 481. The third-order valence-electron chi connectivity index (χ3n) is 3.38. The maximum absolute atomic E-state index is 12.0. The van der Waals surface area contributed by atoms with Crippen molar-refractivity contribution >= 4 is 23.2 Å². The molecule has 0 aliphatic carbocycles. The number of nitrogens with one attached hydrogen (secondary N) is 1. The molecule has 0 unspecified atom stereocenters. The summed E-state index contributed by atoms with van der Waals surface area (Å²) in [7, 11) is 0. The average Bonchev–Trinajstić information content (AvgIpc) is 2.91. The topological polar surface area (TPSA) is 82.5 Å². The van der Waals surface area contributed by atoms with Gasteiger partial charge < -0.3 is 15.3 Å². The molecule has 0 radical (unpaired) electrons. The summed E-state index contributed by atoms with van der Waals surface area (Å²) in [4.78, 5) is 28.9. The molecular formula is C13H19N3O3S. The molecule has 1 fully saturated rings. The minimum absolute atomic E-state index is 0.0714. The summed E-state index contributed by atoms with van der Waals surface area (Å²) in [5.74, 6) is -1.37. The molecule has 20 heavy (non-hydrogen) atoms. The van der Waals surface area contributed by atoms with E-state index in [-0.39, 0.29) is 22.7 Å². The van der Waals surface area contributed by atoms with Crippen molar-refractivity contribution < 1.29 is 14.7 Å². The fourth-order valence-electron chi connectivity index (χ4n) is 2.34. The second-order valence-corrected chi connectivity index (χ2v) is 5.79. The number of carboxylic acids is 1. The SMILES string of the molecule is CCCN1CCC(NC(=O)c2nc(C(=O)O)cs2)CC1. The molecule has 1 aliphatic heterocycles. The molecule has 1 aliphatic rings. The van der Waals surface area contributed by atoms with Gasteiger partial charge in [-0.25, -0.2) is 9.78 Å². The standard InChI is InChI=1S/C13H19N3O3S/c1-2-5-16-6-3-9(4-7-16)14-11(17)12-15-10(8-20-12)13(18)19/h8-9H,2-7H2,1H3,(H,14,17)(H,18,19). The molecule has 2 N–H and O–H groups in total. The van der Waals surface area contributed by atoms with Crippen LogP contribution in [0.25, 0.3) is 0 Å². The first-order valence-electron chi connectivity index (χ1n) is 6.82. The Balaban J connectivity index is 1.84. The summed E-state index contributed by atoms with van der Waals surface area (Å²) in [6.07, 6.45) is 3.01. The van der Waals surface area contributed by atoms with Crippen LogP contribution < -0.4 is 5.32 Å². The summed E-state index contributed by atoms with van der Waals surface area (Å²) >= 11 is 1.07. The minimum atomic E-state index is -1.10. The molecule has 7 heteroatoms. The van der Waals surface area contributed by atoms with Crippen LogP contribution >= 0.6 is 11.3 Å². The number of carbonyl (C=O) groups is 2. The second kappa shape index (κ2) is 6.81. The second-order valence-electron chi connectivity index (χ2n) is 4.93. The highest BCUT2D eigenvalue weighted by Crippen LogP contribution is 2.13. The van der Waals surface area contributed by atoms with E-state index in [0.29, 0.717) is 0 Å². The van der Waals surface area contributed by atoms with Crippen LogP contribution in [0, 0.1) is 0 Å². The Labute approximate surface area is 121 Å².